The van der Waals surface area contributed by atoms with Gasteiger partial charge in [0, 0.05) is 18.5 Å². The van der Waals surface area contributed by atoms with E-state index in [0.29, 0.717) is 17.5 Å². The summed E-state index contributed by atoms with van der Waals surface area (Å²) in [5, 5.41) is 11.2. The van der Waals surface area contributed by atoms with Gasteiger partial charge in [0.05, 0.1) is 11.6 Å². The fraction of sp³-hybridized carbons (Fsp3) is 0.333. The first kappa shape index (κ1) is 13.3. The number of nitrogens with zero attached hydrogens (tertiary/aromatic N) is 2. The van der Waals surface area contributed by atoms with Gasteiger partial charge in [0.1, 0.15) is 5.54 Å². The third kappa shape index (κ3) is 1.89. The van der Waals surface area contributed by atoms with E-state index in [-0.39, 0.29) is 24.8 Å². The quantitative estimate of drug-likeness (QED) is 0.768. The number of carbonyl (C=O) groups is 3. The Morgan fingerprint density at radius 1 is 1.33 bits per heavy atom. The van der Waals surface area contributed by atoms with Gasteiger partial charge >= 0.3 is 0 Å². The molecule has 1 unspecified atom stereocenters. The number of piperidine rings is 1. The first-order valence-electron chi connectivity index (χ1n) is 6.65. The molecule has 2 aliphatic heterocycles. The number of amides is 3. The number of nitrogens with one attached hydrogen (secondary N) is 1. The number of nitriles is 1. The normalized spacial score (nSPS) is 24.6. The van der Waals surface area contributed by atoms with Gasteiger partial charge in [0.2, 0.25) is 5.91 Å². The Morgan fingerprint density at radius 2 is 2.10 bits per heavy atom. The van der Waals surface area contributed by atoms with Crippen molar-refractivity contribution in [1.82, 2.24) is 10.2 Å². The van der Waals surface area contributed by atoms with Crippen LogP contribution >= 0.6 is 0 Å². The Balaban J connectivity index is 1.96. The predicted molar refractivity (Wildman–Crippen MR) is 71.8 cm³/mol. The second-order valence-corrected chi connectivity index (χ2v) is 5.53. The lowest BCUT2D eigenvalue weighted by Crippen LogP contribution is -2.61. The number of benzene rings is 1. The third-order valence-electron chi connectivity index (χ3n) is 4.22. The van der Waals surface area contributed by atoms with Crippen LogP contribution in [-0.2, 0) is 16.1 Å². The minimum absolute atomic E-state index is 0.214. The highest BCUT2D eigenvalue weighted by Crippen LogP contribution is 2.34. The molecular formula is C15H13N3O3. The van der Waals surface area contributed by atoms with E-state index < -0.39 is 11.4 Å². The zero-order valence-electron chi connectivity index (χ0n) is 11.5. The Bertz CT molecular complexity index is 719. The van der Waals surface area contributed by atoms with Crippen molar-refractivity contribution in [3.8, 4) is 6.07 Å². The van der Waals surface area contributed by atoms with Crippen molar-refractivity contribution in [3.05, 3.63) is 34.9 Å². The van der Waals surface area contributed by atoms with Crippen LogP contribution in [0.1, 0.15) is 41.3 Å². The molecule has 2 aliphatic rings. The lowest BCUT2D eigenvalue weighted by atomic mass is 9.89. The molecule has 0 radical (unpaired) electrons. The molecule has 6 heteroatoms. The summed E-state index contributed by atoms with van der Waals surface area (Å²) in [6, 6.07) is 6.91. The van der Waals surface area contributed by atoms with Crippen LogP contribution in [0.4, 0.5) is 0 Å². The number of rotatable bonds is 1. The lowest BCUT2D eigenvalue weighted by molar-refractivity contribution is -0.142. The second-order valence-electron chi connectivity index (χ2n) is 5.53. The molecule has 6 nitrogen and oxygen atoms in total. The number of imide groups is 1. The Kier molecular flexibility index (Phi) is 2.80. The van der Waals surface area contributed by atoms with Crippen molar-refractivity contribution in [2.75, 3.05) is 0 Å². The highest BCUT2D eigenvalue weighted by molar-refractivity contribution is 6.07. The van der Waals surface area contributed by atoms with Gasteiger partial charge in [0.25, 0.3) is 11.8 Å². The molecular weight excluding hydrogens is 270 g/mol. The van der Waals surface area contributed by atoms with Crippen LogP contribution in [-0.4, -0.2) is 28.2 Å². The zero-order valence-corrected chi connectivity index (χ0v) is 11.5. The van der Waals surface area contributed by atoms with Crippen molar-refractivity contribution in [2.24, 2.45) is 0 Å². The van der Waals surface area contributed by atoms with Crippen LogP contribution < -0.4 is 5.32 Å². The predicted octanol–water partition coefficient (Wildman–Crippen LogP) is 0.709. The van der Waals surface area contributed by atoms with Gasteiger partial charge in [-0.3, -0.25) is 19.7 Å². The highest BCUT2D eigenvalue weighted by atomic mass is 16.2. The molecule has 1 saturated heterocycles. The monoisotopic (exact) mass is 283 g/mol. The maximum atomic E-state index is 12.5. The molecule has 1 N–H and O–H groups in total. The molecule has 2 heterocycles. The summed E-state index contributed by atoms with van der Waals surface area (Å²) >= 11 is 0. The van der Waals surface area contributed by atoms with Crippen LogP contribution in [0, 0.1) is 11.3 Å². The first-order chi connectivity index (χ1) is 9.95. The average Bonchev–Trinajstić information content (AvgIpc) is 2.80. The van der Waals surface area contributed by atoms with E-state index in [0.717, 1.165) is 5.56 Å². The Hall–Kier alpha value is -2.68. The van der Waals surface area contributed by atoms with Gasteiger partial charge in [-0.15, -0.1) is 0 Å². The standard InChI is InChI=1S/C15H13N3O3/c1-15(5-4-12(19)17-14(15)21)18-8-10-6-9(7-16)2-3-11(10)13(18)20/h2-3,6H,4-5,8H2,1H3,(H,17,19,21). The Morgan fingerprint density at radius 3 is 2.76 bits per heavy atom. The number of fused-ring (bicyclic) bond motifs is 1. The third-order valence-corrected chi connectivity index (χ3v) is 4.22. The smallest absolute Gasteiger partial charge is 0.255 e. The van der Waals surface area contributed by atoms with E-state index in [1.165, 1.54) is 4.90 Å². The fourth-order valence-corrected chi connectivity index (χ4v) is 2.84. The SMILES string of the molecule is CC1(N2Cc3cc(C#N)ccc3C2=O)CCC(=O)NC1=O. The molecule has 1 fully saturated rings. The maximum Gasteiger partial charge on any atom is 0.255 e. The number of hydrogen-bond donors (Lipinski definition) is 1. The molecule has 21 heavy (non-hydrogen) atoms. The van der Waals surface area contributed by atoms with Crippen LogP contribution in [0.15, 0.2) is 18.2 Å². The molecule has 0 spiro atoms. The largest absolute Gasteiger partial charge is 0.320 e. The van der Waals surface area contributed by atoms with E-state index in [1.54, 1.807) is 25.1 Å². The number of carbonyl (C=O) groups excluding carboxylic acids is 3. The molecule has 0 aromatic heterocycles. The molecule has 1 aromatic rings. The van der Waals surface area contributed by atoms with Gasteiger partial charge in [-0.05, 0) is 37.1 Å². The van der Waals surface area contributed by atoms with Gasteiger partial charge in [-0.1, -0.05) is 0 Å². The minimum atomic E-state index is -1.03. The van der Waals surface area contributed by atoms with E-state index in [2.05, 4.69) is 5.32 Å². The summed E-state index contributed by atoms with van der Waals surface area (Å²) in [5.41, 5.74) is 0.707. The second kappa shape index (κ2) is 4.42. The van der Waals surface area contributed by atoms with Crippen LogP contribution in [0.25, 0.3) is 0 Å². The van der Waals surface area contributed by atoms with Crippen molar-refractivity contribution in [3.63, 3.8) is 0 Å². The molecule has 0 bridgehead atoms. The fourth-order valence-electron chi connectivity index (χ4n) is 2.84. The summed E-state index contributed by atoms with van der Waals surface area (Å²) in [5.74, 6) is -0.990. The summed E-state index contributed by atoms with van der Waals surface area (Å²) in [4.78, 5) is 37.4. The Labute approximate surface area is 121 Å². The summed E-state index contributed by atoms with van der Waals surface area (Å²) < 4.78 is 0. The van der Waals surface area contributed by atoms with Crippen molar-refractivity contribution < 1.29 is 14.4 Å². The zero-order chi connectivity index (χ0) is 15.2. The van der Waals surface area contributed by atoms with Crippen molar-refractivity contribution >= 4 is 17.7 Å². The minimum Gasteiger partial charge on any atom is -0.320 e. The summed E-state index contributed by atoms with van der Waals surface area (Å²) in [6.45, 7) is 1.95. The lowest BCUT2D eigenvalue weighted by Gasteiger charge is -2.39. The van der Waals surface area contributed by atoms with Gasteiger partial charge in [-0.25, -0.2) is 0 Å². The van der Waals surface area contributed by atoms with E-state index in [9.17, 15) is 14.4 Å². The van der Waals surface area contributed by atoms with Gasteiger partial charge in [0.15, 0.2) is 0 Å². The van der Waals surface area contributed by atoms with Crippen LogP contribution in [0.2, 0.25) is 0 Å². The van der Waals surface area contributed by atoms with Gasteiger partial charge < -0.3 is 4.90 Å². The van der Waals surface area contributed by atoms with E-state index >= 15 is 0 Å². The summed E-state index contributed by atoms with van der Waals surface area (Å²) in [7, 11) is 0. The van der Waals surface area contributed by atoms with Crippen LogP contribution in [0.5, 0.6) is 0 Å². The number of hydrogen-bond acceptors (Lipinski definition) is 4. The molecule has 0 aliphatic carbocycles. The molecule has 3 rings (SSSR count). The molecule has 1 aromatic carbocycles. The van der Waals surface area contributed by atoms with Crippen molar-refractivity contribution in [1.29, 1.82) is 5.26 Å². The van der Waals surface area contributed by atoms with Gasteiger partial charge in [-0.2, -0.15) is 5.26 Å². The molecule has 0 saturated carbocycles. The molecule has 3 amide bonds. The molecule has 106 valence electrons. The first-order valence-corrected chi connectivity index (χ1v) is 6.65. The average molecular weight is 283 g/mol. The van der Waals surface area contributed by atoms with Crippen LogP contribution in [0.3, 0.4) is 0 Å². The highest BCUT2D eigenvalue weighted by Gasteiger charge is 2.48. The summed E-state index contributed by atoms with van der Waals surface area (Å²) in [6.07, 6.45) is 0.522. The topological polar surface area (TPSA) is 90.3 Å². The van der Waals surface area contributed by atoms with E-state index in [4.69, 9.17) is 5.26 Å². The van der Waals surface area contributed by atoms with Crippen molar-refractivity contribution in [2.45, 2.75) is 31.8 Å². The maximum absolute atomic E-state index is 12.5. The molecule has 1 atom stereocenters. The van der Waals surface area contributed by atoms with E-state index in [1.807, 2.05) is 6.07 Å².